The zero-order valence-corrected chi connectivity index (χ0v) is 15.1. The molecule has 1 aromatic heterocycles. The highest BCUT2D eigenvalue weighted by Crippen LogP contribution is 2.36. The minimum absolute atomic E-state index is 0.252. The Morgan fingerprint density at radius 3 is 2.93 bits per heavy atom. The second kappa shape index (κ2) is 7.03. The van der Waals surface area contributed by atoms with Gasteiger partial charge < -0.3 is 15.0 Å². The fourth-order valence-corrected chi connectivity index (χ4v) is 3.32. The van der Waals surface area contributed by atoms with Gasteiger partial charge in [-0.3, -0.25) is 0 Å². The van der Waals surface area contributed by atoms with Gasteiger partial charge in [0, 0.05) is 17.4 Å². The van der Waals surface area contributed by atoms with Crippen LogP contribution >= 0.6 is 0 Å². The quantitative estimate of drug-likeness (QED) is 0.713. The molecular weight excluding hydrogens is 342 g/mol. The SMILES string of the molecule is COC(=O)c1cccc(Nc2cnnc(N3c4ccccc4CC3C)n2)c1. The van der Waals surface area contributed by atoms with Crippen LogP contribution < -0.4 is 10.2 Å². The Bertz CT molecular complexity index is 991. The van der Waals surface area contributed by atoms with Gasteiger partial charge in [-0.2, -0.15) is 10.1 Å². The van der Waals surface area contributed by atoms with Crippen molar-refractivity contribution in [2.75, 3.05) is 17.3 Å². The maximum Gasteiger partial charge on any atom is 0.337 e. The van der Waals surface area contributed by atoms with Crippen molar-refractivity contribution in [3.05, 3.63) is 65.9 Å². The van der Waals surface area contributed by atoms with E-state index in [4.69, 9.17) is 4.74 Å². The third kappa shape index (κ3) is 3.31. The maximum absolute atomic E-state index is 11.7. The van der Waals surface area contributed by atoms with E-state index >= 15 is 0 Å². The second-order valence-electron chi connectivity index (χ2n) is 6.39. The third-order valence-corrected chi connectivity index (χ3v) is 4.53. The Balaban J connectivity index is 1.62. The summed E-state index contributed by atoms with van der Waals surface area (Å²) >= 11 is 0. The topological polar surface area (TPSA) is 80.2 Å². The molecule has 1 atom stereocenters. The molecule has 7 nitrogen and oxygen atoms in total. The zero-order chi connectivity index (χ0) is 18.8. The van der Waals surface area contributed by atoms with Crippen molar-refractivity contribution in [1.29, 1.82) is 0 Å². The summed E-state index contributed by atoms with van der Waals surface area (Å²) in [6, 6.07) is 15.5. The van der Waals surface area contributed by atoms with E-state index in [0.29, 0.717) is 17.3 Å². The number of carbonyl (C=O) groups excluding carboxylic acids is 1. The number of hydrogen-bond acceptors (Lipinski definition) is 7. The van der Waals surface area contributed by atoms with Gasteiger partial charge in [-0.1, -0.05) is 24.3 Å². The maximum atomic E-state index is 11.7. The van der Waals surface area contributed by atoms with Gasteiger partial charge in [-0.25, -0.2) is 4.79 Å². The molecule has 1 aliphatic heterocycles. The number of rotatable bonds is 4. The molecular formula is C20H19N5O2. The molecule has 0 saturated heterocycles. The lowest BCUT2D eigenvalue weighted by atomic mass is 10.1. The van der Waals surface area contributed by atoms with E-state index in [0.717, 1.165) is 17.8 Å². The van der Waals surface area contributed by atoms with Crippen LogP contribution in [0.5, 0.6) is 0 Å². The van der Waals surface area contributed by atoms with Gasteiger partial charge in [0.1, 0.15) is 0 Å². The van der Waals surface area contributed by atoms with Crippen molar-refractivity contribution in [3.8, 4) is 0 Å². The molecule has 1 aliphatic rings. The number of hydrogen-bond donors (Lipinski definition) is 1. The molecule has 4 rings (SSSR count). The summed E-state index contributed by atoms with van der Waals surface area (Å²) in [5, 5.41) is 11.5. The predicted molar refractivity (Wildman–Crippen MR) is 103 cm³/mol. The van der Waals surface area contributed by atoms with Gasteiger partial charge in [0.2, 0.25) is 0 Å². The average Bonchev–Trinajstić information content (AvgIpc) is 3.03. The second-order valence-corrected chi connectivity index (χ2v) is 6.39. The molecule has 0 saturated carbocycles. The monoisotopic (exact) mass is 361 g/mol. The van der Waals surface area contributed by atoms with Gasteiger partial charge in [0.15, 0.2) is 5.82 Å². The summed E-state index contributed by atoms with van der Waals surface area (Å²) in [6.07, 6.45) is 2.50. The van der Waals surface area contributed by atoms with E-state index in [1.165, 1.54) is 12.7 Å². The van der Waals surface area contributed by atoms with E-state index < -0.39 is 0 Å². The van der Waals surface area contributed by atoms with Gasteiger partial charge in [-0.05, 0) is 43.2 Å². The highest BCUT2D eigenvalue weighted by Gasteiger charge is 2.29. The number of benzene rings is 2. The van der Waals surface area contributed by atoms with E-state index in [9.17, 15) is 4.79 Å². The molecule has 1 N–H and O–H groups in total. The molecule has 0 spiro atoms. The molecule has 2 aromatic carbocycles. The van der Waals surface area contributed by atoms with Gasteiger partial charge in [-0.15, -0.1) is 5.10 Å². The Hall–Kier alpha value is -3.48. The van der Waals surface area contributed by atoms with Crippen LogP contribution in [0.25, 0.3) is 0 Å². The van der Waals surface area contributed by atoms with Crippen molar-refractivity contribution in [1.82, 2.24) is 15.2 Å². The van der Waals surface area contributed by atoms with Crippen LogP contribution in [-0.4, -0.2) is 34.3 Å². The minimum Gasteiger partial charge on any atom is -0.465 e. The van der Waals surface area contributed by atoms with Crippen LogP contribution in [0.4, 0.5) is 23.1 Å². The largest absolute Gasteiger partial charge is 0.465 e. The summed E-state index contributed by atoms with van der Waals surface area (Å²) in [6.45, 7) is 2.14. The first kappa shape index (κ1) is 17.0. The van der Waals surface area contributed by atoms with Crippen LogP contribution in [0.15, 0.2) is 54.7 Å². The number of anilines is 4. The number of fused-ring (bicyclic) bond motifs is 1. The fourth-order valence-electron chi connectivity index (χ4n) is 3.32. The molecule has 0 bridgehead atoms. The van der Waals surface area contributed by atoms with Crippen LogP contribution in [0.1, 0.15) is 22.8 Å². The Kier molecular flexibility index (Phi) is 4.42. The van der Waals surface area contributed by atoms with Crippen molar-refractivity contribution in [2.24, 2.45) is 0 Å². The average molecular weight is 361 g/mol. The first-order chi connectivity index (χ1) is 13.2. The normalized spacial score (nSPS) is 15.3. The van der Waals surface area contributed by atoms with Gasteiger partial charge in [0.05, 0.1) is 18.9 Å². The Labute approximate surface area is 157 Å². The standard InChI is InChI=1S/C20H19N5O2/c1-13-10-14-6-3-4-9-17(14)25(13)20-23-18(12-21-24-20)22-16-8-5-7-15(11-16)19(26)27-2/h3-9,11-13H,10H2,1-2H3,(H,22,23,24). The first-order valence-electron chi connectivity index (χ1n) is 8.68. The van der Waals surface area contributed by atoms with E-state index in [2.05, 4.69) is 44.5 Å². The molecule has 27 heavy (non-hydrogen) atoms. The molecule has 0 amide bonds. The number of esters is 1. The molecule has 0 fully saturated rings. The number of aromatic nitrogens is 3. The van der Waals surface area contributed by atoms with Crippen molar-refractivity contribution in [3.63, 3.8) is 0 Å². The van der Waals surface area contributed by atoms with E-state index in [1.54, 1.807) is 24.4 Å². The van der Waals surface area contributed by atoms with E-state index in [-0.39, 0.29) is 12.0 Å². The lowest BCUT2D eigenvalue weighted by molar-refractivity contribution is 0.0601. The van der Waals surface area contributed by atoms with Crippen LogP contribution in [0.3, 0.4) is 0 Å². The summed E-state index contributed by atoms with van der Waals surface area (Å²) in [4.78, 5) is 18.4. The lowest BCUT2D eigenvalue weighted by Crippen LogP contribution is -2.26. The van der Waals surface area contributed by atoms with Crippen LogP contribution in [0, 0.1) is 0 Å². The summed E-state index contributed by atoms with van der Waals surface area (Å²) in [7, 11) is 1.36. The molecule has 0 aliphatic carbocycles. The molecule has 0 radical (unpaired) electrons. The minimum atomic E-state index is -0.386. The fraction of sp³-hybridized carbons (Fsp3) is 0.200. The summed E-state index contributed by atoms with van der Waals surface area (Å²) in [5.74, 6) is 0.711. The Morgan fingerprint density at radius 2 is 2.07 bits per heavy atom. The van der Waals surface area contributed by atoms with Crippen molar-refractivity contribution < 1.29 is 9.53 Å². The number of ether oxygens (including phenoxy) is 1. The number of nitrogens with one attached hydrogen (secondary N) is 1. The molecule has 136 valence electrons. The predicted octanol–water partition coefficient (Wildman–Crippen LogP) is 3.48. The number of carbonyl (C=O) groups is 1. The molecule has 2 heterocycles. The molecule has 3 aromatic rings. The summed E-state index contributed by atoms with van der Waals surface area (Å²) < 4.78 is 4.76. The highest BCUT2D eigenvalue weighted by molar-refractivity contribution is 5.90. The number of nitrogens with zero attached hydrogens (tertiary/aromatic N) is 4. The summed E-state index contributed by atoms with van der Waals surface area (Å²) in [5.41, 5.74) is 3.57. The van der Waals surface area contributed by atoms with Crippen LogP contribution in [-0.2, 0) is 11.2 Å². The number of para-hydroxylation sites is 1. The molecule has 1 unspecified atom stereocenters. The van der Waals surface area contributed by atoms with Crippen molar-refractivity contribution in [2.45, 2.75) is 19.4 Å². The van der Waals surface area contributed by atoms with Crippen LogP contribution in [0.2, 0.25) is 0 Å². The first-order valence-corrected chi connectivity index (χ1v) is 8.68. The molecule has 7 heteroatoms. The van der Waals surface area contributed by atoms with Gasteiger partial charge >= 0.3 is 5.97 Å². The van der Waals surface area contributed by atoms with Crippen molar-refractivity contribution >= 4 is 29.1 Å². The Morgan fingerprint density at radius 1 is 1.22 bits per heavy atom. The third-order valence-electron chi connectivity index (χ3n) is 4.53. The smallest absolute Gasteiger partial charge is 0.337 e. The number of methoxy groups -OCH3 is 1. The lowest BCUT2D eigenvalue weighted by Gasteiger charge is -2.22. The van der Waals surface area contributed by atoms with Gasteiger partial charge in [0.25, 0.3) is 5.95 Å². The van der Waals surface area contributed by atoms with E-state index in [1.807, 2.05) is 18.2 Å². The zero-order valence-electron chi connectivity index (χ0n) is 15.1. The highest BCUT2D eigenvalue weighted by atomic mass is 16.5.